The molecular weight excluding hydrogens is 280 g/mol. The van der Waals surface area contributed by atoms with E-state index in [1.165, 1.54) is 0 Å². The van der Waals surface area contributed by atoms with Crippen LogP contribution in [0.25, 0.3) is 5.69 Å². The Labute approximate surface area is 129 Å². The molecule has 0 amide bonds. The maximum absolute atomic E-state index is 12.7. The second kappa shape index (κ2) is 6.19. The summed E-state index contributed by atoms with van der Waals surface area (Å²) in [6, 6.07) is 7.61. The third-order valence-electron chi connectivity index (χ3n) is 4.01. The summed E-state index contributed by atoms with van der Waals surface area (Å²) in [4.78, 5) is 19.0. The number of methoxy groups -OCH3 is 1. The van der Waals surface area contributed by atoms with E-state index in [4.69, 9.17) is 10.5 Å². The molecule has 1 aromatic carbocycles. The number of anilines is 1. The average Bonchev–Trinajstić information content (AvgIpc) is 2.56. The smallest absolute Gasteiger partial charge is 0.298 e. The minimum Gasteiger partial charge on any atom is -0.497 e. The van der Waals surface area contributed by atoms with Gasteiger partial charge in [-0.1, -0.05) is 0 Å². The minimum atomic E-state index is -0.108. The summed E-state index contributed by atoms with van der Waals surface area (Å²) >= 11 is 0. The molecular formula is C16H20N4O2. The van der Waals surface area contributed by atoms with Crippen molar-refractivity contribution in [3.8, 4) is 11.4 Å². The lowest BCUT2D eigenvalue weighted by atomic mass is 10.1. The first-order valence-corrected chi connectivity index (χ1v) is 7.41. The summed E-state index contributed by atoms with van der Waals surface area (Å²) in [6.07, 6.45) is 5.12. The van der Waals surface area contributed by atoms with Gasteiger partial charge in [0.15, 0.2) is 5.82 Å². The van der Waals surface area contributed by atoms with Crippen LogP contribution in [0.3, 0.4) is 0 Å². The van der Waals surface area contributed by atoms with Gasteiger partial charge >= 0.3 is 0 Å². The Morgan fingerprint density at radius 3 is 2.55 bits per heavy atom. The molecule has 0 spiro atoms. The van der Waals surface area contributed by atoms with Crippen LogP contribution in [0.4, 0.5) is 5.82 Å². The summed E-state index contributed by atoms with van der Waals surface area (Å²) in [5, 5.41) is 0. The number of nitrogens with zero attached hydrogens (tertiary/aromatic N) is 3. The van der Waals surface area contributed by atoms with Crippen molar-refractivity contribution in [2.45, 2.75) is 18.9 Å². The third-order valence-corrected chi connectivity index (χ3v) is 4.01. The van der Waals surface area contributed by atoms with Gasteiger partial charge in [-0.05, 0) is 37.1 Å². The number of aromatic nitrogens is 2. The average molecular weight is 300 g/mol. The molecule has 2 N–H and O–H groups in total. The number of benzene rings is 1. The van der Waals surface area contributed by atoms with E-state index in [0.717, 1.165) is 37.4 Å². The molecule has 0 unspecified atom stereocenters. The van der Waals surface area contributed by atoms with Crippen LogP contribution in [-0.4, -0.2) is 35.8 Å². The lowest BCUT2D eigenvalue weighted by Gasteiger charge is -2.30. The second-order valence-electron chi connectivity index (χ2n) is 5.45. The molecule has 1 saturated heterocycles. The molecule has 1 fully saturated rings. The van der Waals surface area contributed by atoms with Gasteiger partial charge in [0, 0.05) is 37.2 Å². The summed E-state index contributed by atoms with van der Waals surface area (Å²) in [6.45, 7) is 1.55. The Morgan fingerprint density at radius 1 is 1.23 bits per heavy atom. The molecule has 6 nitrogen and oxygen atoms in total. The molecule has 1 aliphatic heterocycles. The van der Waals surface area contributed by atoms with Gasteiger partial charge in [0.25, 0.3) is 5.56 Å². The van der Waals surface area contributed by atoms with Crippen molar-refractivity contribution in [2.24, 2.45) is 5.73 Å². The van der Waals surface area contributed by atoms with Gasteiger partial charge in [-0.15, -0.1) is 0 Å². The van der Waals surface area contributed by atoms with Gasteiger partial charge in [0.05, 0.1) is 7.11 Å². The van der Waals surface area contributed by atoms with Crippen molar-refractivity contribution in [3.05, 3.63) is 47.0 Å². The van der Waals surface area contributed by atoms with Crippen LogP contribution in [0.5, 0.6) is 5.75 Å². The zero-order valence-corrected chi connectivity index (χ0v) is 12.6. The molecule has 0 aliphatic carbocycles. The monoisotopic (exact) mass is 300 g/mol. The fourth-order valence-electron chi connectivity index (χ4n) is 2.68. The van der Waals surface area contributed by atoms with Gasteiger partial charge in [0.2, 0.25) is 0 Å². The SMILES string of the molecule is COc1ccc(-n2ccnc(N3CCC(N)CC3)c2=O)cc1. The van der Waals surface area contributed by atoms with E-state index in [9.17, 15) is 4.79 Å². The van der Waals surface area contributed by atoms with Crippen molar-refractivity contribution in [2.75, 3.05) is 25.1 Å². The van der Waals surface area contributed by atoms with Crippen molar-refractivity contribution >= 4 is 5.82 Å². The summed E-state index contributed by atoms with van der Waals surface area (Å²) in [5.41, 5.74) is 6.61. The Balaban J connectivity index is 1.93. The molecule has 22 heavy (non-hydrogen) atoms. The van der Waals surface area contributed by atoms with Crippen LogP contribution in [0, 0.1) is 0 Å². The van der Waals surface area contributed by atoms with Crippen molar-refractivity contribution in [1.29, 1.82) is 0 Å². The molecule has 0 atom stereocenters. The fourth-order valence-corrected chi connectivity index (χ4v) is 2.68. The molecule has 0 saturated carbocycles. The van der Waals surface area contributed by atoms with Gasteiger partial charge < -0.3 is 15.4 Å². The highest BCUT2D eigenvalue weighted by atomic mass is 16.5. The molecule has 0 bridgehead atoms. The molecule has 3 rings (SSSR count). The topological polar surface area (TPSA) is 73.4 Å². The molecule has 2 heterocycles. The van der Waals surface area contributed by atoms with Crippen LogP contribution in [0.2, 0.25) is 0 Å². The largest absolute Gasteiger partial charge is 0.497 e. The predicted octanol–water partition coefficient (Wildman–Crippen LogP) is 1.17. The fraction of sp³-hybridized carbons (Fsp3) is 0.375. The number of ether oxygens (including phenoxy) is 1. The van der Waals surface area contributed by atoms with Gasteiger partial charge in [-0.3, -0.25) is 9.36 Å². The molecule has 6 heteroatoms. The van der Waals surface area contributed by atoms with E-state index in [0.29, 0.717) is 5.82 Å². The highest BCUT2D eigenvalue weighted by Crippen LogP contribution is 2.16. The van der Waals surface area contributed by atoms with E-state index in [-0.39, 0.29) is 11.6 Å². The number of nitrogens with two attached hydrogens (primary N) is 1. The number of rotatable bonds is 3. The van der Waals surface area contributed by atoms with Crippen LogP contribution >= 0.6 is 0 Å². The van der Waals surface area contributed by atoms with E-state index >= 15 is 0 Å². The van der Waals surface area contributed by atoms with Gasteiger partial charge in [-0.2, -0.15) is 0 Å². The van der Waals surface area contributed by atoms with Crippen molar-refractivity contribution in [1.82, 2.24) is 9.55 Å². The first kappa shape index (κ1) is 14.6. The van der Waals surface area contributed by atoms with Crippen molar-refractivity contribution < 1.29 is 4.74 Å². The molecule has 1 aliphatic rings. The zero-order valence-electron chi connectivity index (χ0n) is 12.6. The zero-order chi connectivity index (χ0) is 15.5. The third kappa shape index (κ3) is 2.82. The standard InChI is InChI=1S/C16H20N4O2/c1-22-14-4-2-13(3-5-14)20-11-8-18-15(16(20)21)19-9-6-12(17)7-10-19/h2-5,8,11-12H,6-7,9-10,17H2,1H3. The Bertz CT molecular complexity index is 688. The van der Waals surface area contributed by atoms with E-state index < -0.39 is 0 Å². The summed E-state index contributed by atoms with van der Waals surface area (Å²) < 4.78 is 6.75. The Kier molecular flexibility index (Phi) is 4.11. The Hall–Kier alpha value is -2.34. The van der Waals surface area contributed by atoms with E-state index in [2.05, 4.69) is 4.98 Å². The first-order valence-electron chi connectivity index (χ1n) is 7.41. The van der Waals surface area contributed by atoms with E-state index in [1.54, 1.807) is 24.1 Å². The second-order valence-corrected chi connectivity index (χ2v) is 5.45. The molecule has 2 aromatic rings. The first-order chi connectivity index (χ1) is 10.7. The normalized spacial score (nSPS) is 15.8. The summed E-state index contributed by atoms with van der Waals surface area (Å²) in [5.74, 6) is 1.25. The van der Waals surface area contributed by atoms with Gasteiger partial charge in [0.1, 0.15) is 5.75 Å². The molecule has 0 radical (unpaired) electrons. The maximum Gasteiger partial charge on any atom is 0.298 e. The quantitative estimate of drug-likeness (QED) is 0.921. The van der Waals surface area contributed by atoms with Crippen LogP contribution in [-0.2, 0) is 0 Å². The molecule has 116 valence electrons. The van der Waals surface area contributed by atoms with Crippen molar-refractivity contribution in [3.63, 3.8) is 0 Å². The summed E-state index contributed by atoms with van der Waals surface area (Å²) in [7, 11) is 1.62. The van der Waals surface area contributed by atoms with Crippen LogP contribution < -0.4 is 20.9 Å². The van der Waals surface area contributed by atoms with Crippen LogP contribution in [0.1, 0.15) is 12.8 Å². The van der Waals surface area contributed by atoms with E-state index in [1.807, 2.05) is 29.2 Å². The predicted molar refractivity (Wildman–Crippen MR) is 85.8 cm³/mol. The number of piperidine rings is 1. The maximum atomic E-state index is 12.7. The number of hydrogen-bond acceptors (Lipinski definition) is 5. The highest BCUT2D eigenvalue weighted by Gasteiger charge is 2.20. The molecule has 1 aromatic heterocycles. The van der Waals surface area contributed by atoms with Gasteiger partial charge in [-0.25, -0.2) is 4.98 Å². The Morgan fingerprint density at radius 2 is 1.91 bits per heavy atom. The minimum absolute atomic E-state index is 0.108. The lowest BCUT2D eigenvalue weighted by molar-refractivity contribution is 0.414. The lowest BCUT2D eigenvalue weighted by Crippen LogP contribution is -2.42. The van der Waals surface area contributed by atoms with Crippen LogP contribution in [0.15, 0.2) is 41.5 Å². The highest BCUT2D eigenvalue weighted by molar-refractivity contribution is 5.42. The number of hydrogen-bond donors (Lipinski definition) is 1.